The van der Waals surface area contributed by atoms with Gasteiger partial charge in [0.2, 0.25) is 0 Å². The van der Waals surface area contributed by atoms with Crippen LogP contribution >= 0.6 is 23.4 Å². The Balaban J connectivity index is 1.18. The summed E-state index contributed by atoms with van der Waals surface area (Å²) in [7, 11) is 0. The van der Waals surface area contributed by atoms with Crippen LogP contribution in [0.15, 0.2) is 69.8 Å². The molecular formula is C28H27ClFN5O2S. The highest BCUT2D eigenvalue weighted by atomic mass is 35.5. The maximum Gasteiger partial charge on any atom is 0.263 e. The molecule has 4 aromatic rings. The molecule has 10 heteroatoms. The molecule has 0 N–H and O–H groups in total. The number of ether oxygens (including phenoxy) is 1. The highest BCUT2D eigenvalue weighted by molar-refractivity contribution is 7.99. The first-order valence-electron chi connectivity index (χ1n) is 12.7. The topological polar surface area (TPSA) is 73.1 Å². The Morgan fingerprint density at radius 1 is 1.11 bits per heavy atom. The predicted octanol–water partition coefficient (Wildman–Crippen LogP) is 5.57. The van der Waals surface area contributed by atoms with Crippen molar-refractivity contribution in [3.63, 3.8) is 0 Å². The van der Waals surface area contributed by atoms with E-state index < -0.39 is 0 Å². The molecule has 38 heavy (non-hydrogen) atoms. The fraction of sp³-hybridized carbons (Fsp3) is 0.357. The molecule has 4 heterocycles. The van der Waals surface area contributed by atoms with Crippen molar-refractivity contribution in [2.75, 3.05) is 24.6 Å². The van der Waals surface area contributed by atoms with E-state index in [9.17, 15) is 9.18 Å². The lowest BCUT2D eigenvalue weighted by Gasteiger charge is -2.38. The number of piperidine rings is 1. The molecule has 2 aliphatic rings. The lowest BCUT2D eigenvalue weighted by molar-refractivity contribution is 0.0976. The molecule has 2 saturated heterocycles. The third kappa shape index (κ3) is 5.02. The molecule has 1 atom stereocenters. The molecule has 0 saturated carbocycles. The molecule has 7 nitrogen and oxygen atoms in total. The van der Waals surface area contributed by atoms with E-state index in [-0.39, 0.29) is 17.9 Å². The van der Waals surface area contributed by atoms with Crippen molar-refractivity contribution in [3.8, 4) is 0 Å². The van der Waals surface area contributed by atoms with E-state index in [2.05, 4.69) is 26.8 Å². The van der Waals surface area contributed by atoms with E-state index in [1.807, 2.05) is 6.07 Å². The van der Waals surface area contributed by atoms with Gasteiger partial charge in [0.05, 0.1) is 53.9 Å². The summed E-state index contributed by atoms with van der Waals surface area (Å²) >= 11 is 8.09. The van der Waals surface area contributed by atoms with E-state index >= 15 is 0 Å². The lowest BCUT2D eigenvalue weighted by atomic mass is 9.77. The molecule has 0 bridgehead atoms. The van der Waals surface area contributed by atoms with Gasteiger partial charge >= 0.3 is 0 Å². The van der Waals surface area contributed by atoms with Gasteiger partial charge in [0.15, 0.2) is 0 Å². The average Bonchev–Trinajstić information content (AvgIpc) is 3.29. The first-order valence-corrected chi connectivity index (χ1v) is 13.9. The molecule has 2 aromatic heterocycles. The lowest BCUT2D eigenvalue weighted by Crippen LogP contribution is -2.41. The Hall–Kier alpha value is -3.01. The fourth-order valence-corrected chi connectivity index (χ4v) is 6.53. The first-order chi connectivity index (χ1) is 18.4. The Kier molecular flexibility index (Phi) is 6.84. The van der Waals surface area contributed by atoms with Crippen molar-refractivity contribution in [1.82, 2.24) is 19.5 Å². The second kappa shape index (κ2) is 10.3. The third-order valence-corrected chi connectivity index (χ3v) is 9.02. The first kappa shape index (κ1) is 25.3. The van der Waals surface area contributed by atoms with Crippen LogP contribution in [0.25, 0.3) is 10.9 Å². The Morgan fingerprint density at radius 3 is 2.58 bits per heavy atom. The van der Waals surface area contributed by atoms with Gasteiger partial charge in [0, 0.05) is 18.0 Å². The number of anilines is 1. The van der Waals surface area contributed by atoms with Gasteiger partial charge in [-0.3, -0.25) is 9.36 Å². The molecule has 196 valence electrons. The molecule has 2 fully saturated rings. The van der Waals surface area contributed by atoms with Gasteiger partial charge in [0.1, 0.15) is 16.7 Å². The minimum absolute atomic E-state index is 0.252. The number of aromatic nitrogens is 4. The number of fused-ring (bicyclic) bond motifs is 1. The molecule has 2 aromatic carbocycles. The van der Waals surface area contributed by atoms with Gasteiger partial charge in [-0.1, -0.05) is 35.5 Å². The molecule has 0 radical (unpaired) electrons. The average molecular weight is 552 g/mol. The van der Waals surface area contributed by atoms with Crippen LogP contribution < -0.4 is 10.5 Å². The SMILES string of the molecule is C[C@H]1CC2(CCN(c3cnc(Sc4ccc5ncn(Cc6ccc(F)cc6)c(=O)c5c4Cl)cn3)CC2)CO1. The number of benzene rings is 2. The Morgan fingerprint density at radius 2 is 1.89 bits per heavy atom. The number of hydrogen-bond acceptors (Lipinski definition) is 7. The quantitative estimate of drug-likeness (QED) is 0.321. The van der Waals surface area contributed by atoms with Crippen LogP contribution in [0.5, 0.6) is 0 Å². The predicted molar refractivity (Wildman–Crippen MR) is 147 cm³/mol. The number of halogens is 2. The van der Waals surface area contributed by atoms with Crippen molar-refractivity contribution >= 4 is 40.1 Å². The summed E-state index contributed by atoms with van der Waals surface area (Å²) in [6.45, 7) is 5.19. The normalized spacial score (nSPS) is 18.9. The monoisotopic (exact) mass is 551 g/mol. The highest BCUT2D eigenvalue weighted by Crippen LogP contribution is 2.42. The molecule has 0 unspecified atom stereocenters. The van der Waals surface area contributed by atoms with E-state index in [1.54, 1.807) is 30.6 Å². The summed E-state index contributed by atoms with van der Waals surface area (Å²) in [4.78, 5) is 30.0. The summed E-state index contributed by atoms with van der Waals surface area (Å²) in [6, 6.07) is 9.66. The van der Waals surface area contributed by atoms with E-state index in [1.165, 1.54) is 34.8 Å². The van der Waals surface area contributed by atoms with Crippen LogP contribution in [0.4, 0.5) is 10.2 Å². The molecule has 0 aliphatic carbocycles. The van der Waals surface area contributed by atoms with Gasteiger partial charge in [-0.25, -0.2) is 19.3 Å². The van der Waals surface area contributed by atoms with Crippen molar-refractivity contribution < 1.29 is 9.13 Å². The summed E-state index contributed by atoms with van der Waals surface area (Å²) in [6.07, 6.45) is 8.75. The van der Waals surface area contributed by atoms with Crippen molar-refractivity contribution in [2.45, 2.75) is 48.8 Å². The zero-order chi connectivity index (χ0) is 26.3. The van der Waals surface area contributed by atoms with Gasteiger partial charge in [0.25, 0.3) is 5.56 Å². The minimum Gasteiger partial charge on any atom is -0.378 e. The summed E-state index contributed by atoms with van der Waals surface area (Å²) < 4.78 is 20.6. The molecule has 0 amide bonds. The zero-order valence-corrected chi connectivity index (χ0v) is 22.5. The smallest absolute Gasteiger partial charge is 0.263 e. The summed E-state index contributed by atoms with van der Waals surface area (Å²) in [5.74, 6) is 0.547. The maximum atomic E-state index is 13.3. The number of hydrogen-bond donors (Lipinski definition) is 0. The van der Waals surface area contributed by atoms with Crippen molar-refractivity contribution in [1.29, 1.82) is 0 Å². The third-order valence-electron chi connectivity index (χ3n) is 7.53. The van der Waals surface area contributed by atoms with E-state index in [0.717, 1.165) is 50.3 Å². The largest absolute Gasteiger partial charge is 0.378 e. The van der Waals surface area contributed by atoms with Crippen LogP contribution in [-0.4, -0.2) is 45.3 Å². The van der Waals surface area contributed by atoms with Crippen LogP contribution in [0.2, 0.25) is 5.02 Å². The fourth-order valence-electron chi connectivity index (χ4n) is 5.41. The van der Waals surface area contributed by atoms with E-state index in [0.29, 0.717) is 37.4 Å². The van der Waals surface area contributed by atoms with Crippen LogP contribution in [0.1, 0.15) is 31.7 Å². The zero-order valence-electron chi connectivity index (χ0n) is 20.9. The molecule has 1 spiro atoms. The van der Waals surface area contributed by atoms with E-state index in [4.69, 9.17) is 16.3 Å². The summed E-state index contributed by atoms with van der Waals surface area (Å²) in [5, 5.41) is 1.37. The van der Waals surface area contributed by atoms with Gasteiger partial charge < -0.3 is 9.64 Å². The minimum atomic E-state index is -0.322. The molecular weight excluding hydrogens is 525 g/mol. The van der Waals surface area contributed by atoms with Crippen LogP contribution in [-0.2, 0) is 11.3 Å². The van der Waals surface area contributed by atoms with Crippen LogP contribution in [0.3, 0.4) is 0 Å². The number of nitrogens with zero attached hydrogens (tertiary/aromatic N) is 5. The number of rotatable bonds is 5. The molecule has 6 rings (SSSR count). The maximum absolute atomic E-state index is 13.3. The van der Waals surface area contributed by atoms with Gasteiger partial charge in [-0.2, -0.15) is 0 Å². The molecule has 2 aliphatic heterocycles. The van der Waals surface area contributed by atoms with Gasteiger partial charge in [-0.15, -0.1) is 0 Å². The standard InChI is InChI=1S/C28H27ClFN5O2S/c1-18-12-28(16-37-18)8-10-34(11-9-28)23-13-32-24(14-31-23)38-22-7-6-21-25(26(22)29)27(36)35(17-33-21)15-19-2-4-20(30)5-3-19/h2-7,13-14,17-18H,8-12,15-16H2,1H3/t18-/m0/s1. The Labute approximate surface area is 229 Å². The van der Waals surface area contributed by atoms with Crippen LogP contribution in [0, 0.1) is 11.2 Å². The van der Waals surface area contributed by atoms with Crippen molar-refractivity contribution in [3.05, 3.63) is 81.9 Å². The van der Waals surface area contributed by atoms with Gasteiger partial charge in [-0.05, 0) is 61.4 Å². The highest BCUT2D eigenvalue weighted by Gasteiger charge is 2.41. The summed E-state index contributed by atoms with van der Waals surface area (Å²) in [5.41, 5.74) is 1.38. The van der Waals surface area contributed by atoms with Crippen molar-refractivity contribution in [2.24, 2.45) is 5.41 Å². The second-order valence-corrected chi connectivity index (χ2v) is 11.6. The Bertz CT molecular complexity index is 1520. The second-order valence-electron chi connectivity index (χ2n) is 10.2.